The predicted molar refractivity (Wildman–Crippen MR) is 166 cm³/mol. The standard InChI is InChI=1S/C34H29NS2/c36-24-27-13-19-32(20-14-27)35(33-21-15-28(25-37)16-22-33)31-17-11-26(12-18-31)23-34(29-7-3-1-4-8-29)30-9-5-2-6-10-30/h1-23,36-37H,24-25H2. The summed E-state index contributed by atoms with van der Waals surface area (Å²) in [5.41, 5.74) is 10.5. The summed E-state index contributed by atoms with van der Waals surface area (Å²) < 4.78 is 0. The average molecular weight is 516 g/mol. The number of anilines is 3. The monoisotopic (exact) mass is 515 g/mol. The van der Waals surface area contributed by atoms with Crippen molar-refractivity contribution >= 4 is 54.0 Å². The van der Waals surface area contributed by atoms with Crippen LogP contribution in [0.3, 0.4) is 0 Å². The average Bonchev–Trinajstić information content (AvgIpc) is 2.98. The highest BCUT2D eigenvalue weighted by Crippen LogP contribution is 2.35. The molecule has 0 saturated carbocycles. The molecule has 0 aliphatic rings. The van der Waals surface area contributed by atoms with Crippen LogP contribution in [0, 0.1) is 0 Å². The molecule has 0 fully saturated rings. The van der Waals surface area contributed by atoms with Gasteiger partial charge in [0.25, 0.3) is 0 Å². The molecule has 0 N–H and O–H groups in total. The molecule has 0 radical (unpaired) electrons. The normalized spacial score (nSPS) is 10.6. The first kappa shape index (κ1) is 25.0. The van der Waals surface area contributed by atoms with Crippen LogP contribution in [-0.2, 0) is 11.5 Å². The number of hydrogen-bond donors (Lipinski definition) is 2. The molecule has 0 amide bonds. The van der Waals surface area contributed by atoms with Gasteiger partial charge in [0.2, 0.25) is 0 Å². The van der Waals surface area contributed by atoms with E-state index in [1.165, 1.54) is 27.8 Å². The van der Waals surface area contributed by atoms with Crippen LogP contribution >= 0.6 is 25.3 Å². The van der Waals surface area contributed by atoms with E-state index in [2.05, 4.69) is 170 Å². The van der Waals surface area contributed by atoms with Gasteiger partial charge in [-0.15, -0.1) is 0 Å². The van der Waals surface area contributed by atoms with Crippen molar-refractivity contribution < 1.29 is 0 Å². The van der Waals surface area contributed by atoms with Crippen LogP contribution in [-0.4, -0.2) is 0 Å². The molecule has 1 nitrogen and oxygen atoms in total. The molecule has 5 rings (SSSR count). The molecule has 5 aromatic carbocycles. The third-order valence-corrected chi connectivity index (χ3v) is 7.12. The van der Waals surface area contributed by atoms with E-state index in [0.717, 1.165) is 34.1 Å². The minimum absolute atomic E-state index is 0.725. The van der Waals surface area contributed by atoms with Crippen LogP contribution in [0.15, 0.2) is 133 Å². The van der Waals surface area contributed by atoms with Crippen LogP contribution < -0.4 is 4.90 Å². The van der Waals surface area contributed by atoms with Gasteiger partial charge in [-0.25, -0.2) is 0 Å². The highest BCUT2D eigenvalue weighted by Gasteiger charge is 2.13. The maximum Gasteiger partial charge on any atom is 0.0462 e. The predicted octanol–water partition coefficient (Wildman–Crippen LogP) is 9.60. The molecule has 0 aliphatic heterocycles. The lowest BCUT2D eigenvalue weighted by molar-refractivity contribution is 1.26. The van der Waals surface area contributed by atoms with E-state index >= 15 is 0 Å². The first-order valence-corrected chi connectivity index (χ1v) is 13.6. The molecule has 0 spiro atoms. The second kappa shape index (κ2) is 12.1. The van der Waals surface area contributed by atoms with Gasteiger partial charge in [-0.1, -0.05) is 97.1 Å². The second-order valence-electron chi connectivity index (χ2n) is 8.87. The third-order valence-electron chi connectivity index (χ3n) is 6.39. The maximum absolute atomic E-state index is 4.42. The van der Waals surface area contributed by atoms with Crippen molar-refractivity contribution in [3.05, 3.63) is 161 Å². The Labute approximate surface area is 230 Å². The van der Waals surface area contributed by atoms with E-state index in [-0.39, 0.29) is 0 Å². The highest BCUT2D eigenvalue weighted by atomic mass is 32.1. The summed E-state index contributed by atoms with van der Waals surface area (Å²) in [7, 11) is 0. The Morgan fingerprint density at radius 3 is 1.24 bits per heavy atom. The SMILES string of the molecule is SCc1ccc(N(c2ccc(C=C(c3ccccc3)c3ccccc3)cc2)c2ccc(CS)cc2)cc1. The topological polar surface area (TPSA) is 3.24 Å². The number of benzene rings is 5. The zero-order chi connectivity index (χ0) is 25.5. The van der Waals surface area contributed by atoms with Gasteiger partial charge in [-0.05, 0) is 75.9 Å². The Hall–Kier alpha value is -3.66. The summed E-state index contributed by atoms with van der Waals surface area (Å²) in [6, 6.07) is 47.1. The van der Waals surface area contributed by atoms with Gasteiger partial charge in [-0.2, -0.15) is 25.3 Å². The first-order valence-electron chi connectivity index (χ1n) is 12.4. The highest BCUT2D eigenvalue weighted by molar-refractivity contribution is 7.79. The summed E-state index contributed by atoms with van der Waals surface area (Å²) in [6.07, 6.45) is 2.27. The summed E-state index contributed by atoms with van der Waals surface area (Å²) >= 11 is 8.85. The van der Waals surface area contributed by atoms with Gasteiger partial charge in [0, 0.05) is 28.6 Å². The van der Waals surface area contributed by atoms with E-state index in [1.54, 1.807) is 0 Å². The Morgan fingerprint density at radius 1 is 0.486 bits per heavy atom. The van der Waals surface area contributed by atoms with Gasteiger partial charge in [0.1, 0.15) is 0 Å². The Kier molecular flexibility index (Phi) is 8.15. The van der Waals surface area contributed by atoms with Crippen LogP contribution in [0.5, 0.6) is 0 Å². The lowest BCUT2D eigenvalue weighted by Crippen LogP contribution is -2.10. The maximum atomic E-state index is 4.42. The van der Waals surface area contributed by atoms with Crippen LogP contribution in [0.2, 0.25) is 0 Å². The van der Waals surface area contributed by atoms with E-state index in [0.29, 0.717) is 0 Å². The van der Waals surface area contributed by atoms with Crippen molar-refractivity contribution in [1.29, 1.82) is 0 Å². The van der Waals surface area contributed by atoms with Crippen LogP contribution in [0.4, 0.5) is 17.1 Å². The van der Waals surface area contributed by atoms with Gasteiger partial charge < -0.3 is 4.90 Å². The molecule has 0 unspecified atom stereocenters. The van der Waals surface area contributed by atoms with E-state index in [1.807, 2.05) is 0 Å². The summed E-state index contributed by atoms with van der Waals surface area (Å²) in [4.78, 5) is 2.29. The molecule has 0 aromatic heterocycles. The lowest BCUT2D eigenvalue weighted by atomic mass is 9.95. The van der Waals surface area contributed by atoms with Crippen molar-refractivity contribution in [1.82, 2.24) is 0 Å². The van der Waals surface area contributed by atoms with Crippen LogP contribution in [0.1, 0.15) is 27.8 Å². The number of nitrogens with zero attached hydrogens (tertiary/aromatic N) is 1. The molecule has 37 heavy (non-hydrogen) atoms. The number of hydrogen-bond acceptors (Lipinski definition) is 3. The fourth-order valence-electron chi connectivity index (χ4n) is 4.40. The first-order chi connectivity index (χ1) is 18.2. The van der Waals surface area contributed by atoms with Gasteiger partial charge in [0.15, 0.2) is 0 Å². The number of thiol groups is 2. The Balaban J connectivity index is 1.54. The fourth-order valence-corrected chi connectivity index (χ4v) is 4.82. The van der Waals surface area contributed by atoms with E-state index in [4.69, 9.17) is 0 Å². The largest absolute Gasteiger partial charge is 0.311 e. The quantitative estimate of drug-likeness (QED) is 0.154. The van der Waals surface area contributed by atoms with Crippen molar-refractivity contribution in [2.24, 2.45) is 0 Å². The number of rotatable bonds is 8. The molecular weight excluding hydrogens is 487 g/mol. The van der Waals surface area contributed by atoms with Crippen molar-refractivity contribution in [2.45, 2.75) is 11.5 Å². The summed E-state index contributed by atoms with van der Waals surface area (Å²) in [6.45, 7) is 0. The molecule has 0 atom stereocenters. The smallest absolute Gasteiger partial charge is 0.0462 e. The molecule has 0 saturated heterocycles. The molecular formula is C34H29NS2. The van der Waals surface area contributed by atoms with Gasteiger partial charge in [0.05, 0.1) is 0 Å². The molecule has 5 aromatic rings. The molecule has 182 valence electrons. The Bertz CT molecular complexity index is 1350. The molecule has 0 bridgehead atoms. The third kappa shape index (κ3) is 6.02. The van der Waals surface area contributed by atoms with Gasteiger partial charge in [-0.3, -0.25) is 0 Å². The lowest BCUT2D eigenvalue weighted by Gasteiger charge is -2.26. The van der Waals surface area contributed by atoms with Crippen molar-refractivity contribution in [3.63, 3.8) is 0 Å². The molecule has 0 heterocycles. The fraction of sp³-hybridized carbons (Fsp3) is 0.0588. The Morgan fingerprint density at radius 2 is 0.865 bits per heavy atom. The van der Waals surface area contributed by atoms with Crippen molar-refractivity contribution in [3.8, 4) is 0 Å². The van der Waals surface area contributed by atoms with E-state index < -0.39 is 0 Å². The van der Waals surface area contributed by atoms with Gasteiger partial charge >= 0.3 is 0 Å². The van der Waals surface area contributed by atoms with Crippen molar-refractivity contribution in [2.75, 3.05) is 4.90 Å². The zero-order valence-electron chi connectivity index (χ0n) is 20.5. The van der Waals surface area contributed by atoms with E-state index in [9.17, 15) is 0 Å². The minimum Gasteiger partial charge on any atom is -0.311 e. The summed E-state index contributed by atoms with van der Waals surface area (Å²) in [5, 5.41) is 0. The van der Waals surface area contributed by atoms with Crippen LogP contribution in [0.25, 0.3) is 11.6 Å². The minimum atomic E-state index is 0.725. The summed E-state index contributed by atoms with van der Waals surface area (Å²) in [5.74, 6) is 1.45. The molecule has 0 aliphatic carbocycles. The second-order valence-corrected chi connectivity index (χ2v) is 9.50. The molecule has 3 heteroatoms. The zero-order valence-corrected chi connectivity index (χ0v) is 22.3.